The molecule has 0 fully saturated rings. The zero-order chi connectivity index (χ0) is 12.3. The molecule has 1 aromatic carbocycles. The number of hydrogen-bond donors (Lipinski definition) is 1. The van der Waals surface area contributed by atoms with Crippen LogP contribution in [0.1, 0.15) is 19.0 Å². The Morgan fingerprint density at radius 3 is 2.94 bits per heavy atom. The molecule has 0 aliphatic rings. The molecule has 4 heteroatoms. The van der Waals surface area contributed by atoms with Crippen molar-refractivity contribution in [1.82, 2.24) is 9.78 Å². The third-order valence-electron chi connectivity index (χ3n) is 2.93. The quantitative estimate of drug-likeness (QED) is 0.885. The van der Waals surface area contributed by atoms with Crippen molar-refractivity contribution in [2.75, 3.05) is 5.75 Å². The molecule has 0 spiro atoms. The summed E-state index contributed by atoms with van der Waals surface area (Å²) in [7, 11) is 1.99. The second kappa shape index (κ2) is 5.56. The summed E-state index contributed by atoms with van der Waals surface area (Å²) in [5.41, 5.74) is 8.27. The Balaban J connectivity index is 2.09. The fourth-order valence-electron chi connectivity index (χ4n) is 1.82. The number of rotatable bonds is 5. The highest BCUT2D eigenvalue weighted by molar-refractivity contribution is 7.98. The second-order valence-corrected chi connectivity index (χ2v) is 5.30. The average molecular weight is 249 g/mol. The van der Waals surface area contributed by atoms with E-state index < -0.39 is 0 Å². The summed E-state index contributed by atoms with van der Waals surface area (Å²) >= 11 is 1.87. The van der Waals surface area contributed by atoms with Gasteiger partial charge in [0.05, 0.1) is 11.2 Å². The molecule has 1 heterocycles. The first-order valence-electron chi connectivity index (χ1n) is 5.96. The molecule has 0 radical (unpaired) electrons. The fraction of sp³-hybridized carbons (Fsp3) is 0.462. The lowest BCUT2D eigenvalue weighted by molar-refractivity contribution is 0.724. The van der Waals surface area contributed by atoms with Gasteiger partial charge in [-0.3, -0.25) is 4.68 Å². The number of nitrogens with two attached hydrogens (primary N) is 1. The van der Waals surface area contributed by atoms with Gasteiger partial charge in [-0.05, 0) is 12.5 Å². The van der Waals surface area contributed by atoms with Crippen LogP contribution in [0.25, 0.3) is 10.9 Å². The van der Waals surface area contributed by atoms with Crippen molar-refractivity contribution < 1.29 is 0 Å². The van der Waals surface area contributed by atoms with Crippen LogP contribution in [0.5, 0.6) is 0 Å². The van der Waals surface area contributed by atoms with Gasteiger partial charge in [-0.2, -0.15) is 16.9 Å². The Kier molecular flexibility index (Phi) is 4.07. The number of hydrogen-bond acceptors (Lipinski definition) is 3. The minimum absolute atomic E-state index is 0.301. The van der Waals surface area contributed by atoms with Crippen LogP contribution in [0, 0.1) is 0 Å². The molecule has 0 amide bonds. The number of thioether (sulfide) groups is 1. The van der Waals surface area contributed by atoms with E-state index in [0.717, 1.165) is 23.6 Å². The molecule has 1 unspecified atom stereocenters. The molecule has 0 saturated heterocycles. The smallest absolute Gasteiger partial charge is 0.0802 e. The van der Waals surface area contributed by atoms with Crippen LogP contribution in [0.2, 0.25) is 0 Å². The lowest BCUT2D eigenvalue weighted by atomic mass is 10.2. The predicted molar refractivity (Wildman–Crippen MR) is 75.1 cm³/mol. The van der Waals surface area contributed by atoms with Gasteiger partial charge in [-0.1, -0.05) is 25.1 Å². The van der Waals surface area contributed by atoms with Crippen LogP contribution < -0.4 is 5.73 Å². The van der Waals surface area contributed by atoms with E-state index in [9.17, 15) is 0 Å². The van der Waals surface area contributed by atoms with E-state index in [1.54, 1.807) is 0 Å². The molecule has 0 aliphatic carbocycles. The Labute approximate surface area is 106 Å². The first kappa shape index (κ1) is 12.5. The Hall–Kier alpha value is -1.00. The lowest BCUT2D eigenvalue weighted by Gasteiger charge is -2.06. The second-order valence-electron chi connectivity index (χ2n) is 4.27. The fourth-order valence-corrected chi connectivity index (χ4v) is 2.88. The van der Waals surface area contributed by atoms with Gasteiger partial charge in [0.2, 0.25) is 0 Å². The first-order valence-corrected chi connectivity index (χ1v) is 7.11. The molecule has 17 heavy (non-hydrogen) atoms. The summed E-state index contributed by atoms with van der Waals surface area (Å²) in [4.78, 5) is 0. The number of fused-ring (bicyclic) bond motifs is 1. The van der Waals surface area contributed by atoms with Crippen molar-refractivity contribution in [3.05, 3.63) is 30.0 Å². The van der Waals surface area contributed by atoms with Crippen molar-refractivity contribution in [2.24, 2.45) is 12.8 Å². The van der Waals surface area contributed by atoms with Crippen molar-refractivity contribution in [2.45, 2.75) is 25.1 Å². The Morgan fingerprint density at radius 1 is 1.41 bits per heavy atom. The zero-order valence-corrected chi connectivity index (χ0v) is 11.2. The molecule has 2 rings (SSSR count). The molecule has 0 saturated carbocycles. The van der Waals surface area contributed by atoms with Crippen LogP contribution in [0.15, 0.2) is 24.3 Å². The van der Waals surface area contributed by atoms with Crippen LogP contribution in [0.4, 0.5) is 0 Å². The van der Waals surface area contributed by atoms with Crippen LogP contribution in [-0.2, 0) is 12.8 Å². The SMILES string of the molecule is CCC(N)CSCc1nn(C)c2ccccc12. The predicted octanol–water partition coefficient (Wildman–Crippen LogP) is 2.54. The number of para-hydroxylation sites is 1. The maximum Gasteiger partial charge on any atom is 0.0802 e. The van der Waals surface area contributed by atoms with E-state index in [1.807, 2.05) is 29.6 Å². The number of benzene rings is 1. The van der Waals surface area contributed by atoms with E-state index in [4.69, 9.17) is 5.73 Å². The highest BCUT2D eigenvalue weighted by atomic mass is 32.2. The van der Waals surface area contributed by atoms with Gasteiger partial charge in [-0.15, -0.1) is 0 Å². The maximum absolute atomic E-state index is 5.91. The Morgan fingerprint density at radius 2 is 2.18 bits per heavy atom. The summed E-state index contributed by atoms with van der Waals surface area (Å²) in [6, 6.07) is 8.66. The molecule has 92 valence electrons. The summed E-state index contributed by atoms with van der Waals surface area (Å²) in [6.45, 7) is 2.13. The standard InChI is InChI=1S/C13H19N3S/c1-3-10(14)8-17-9-12-11-6-4-5-7-13(11)16(2)15-12/h4-7,10H,3,8-9,14H2,1-2H3. The monoisotopic (exact) mass is 249 g/mol. The van der Waals surface area contributed by atoms with E-state index in [0.29, 0.717) is 6.04 Å². The van der Waals surface area contributed by atoms with Gasteiger partial charge in [0.25, 0.3) is 0 Å². The molecule has 3 nitrogen and oxygen atoms in total. The van der Waals surface area contributed by atoms with E-state index in [1.165, 1.54) is 10.9 Å². The van der Waals surface area contributed by atoms with Crippen molar-refractivity contribution in [3.63, 3.8) is 0 Å². The topological polar surface area (TPSA) is 43.8 Å². The van der Waals surface area contributed by atoms with Gasteiger partial charge >= 0.3 is 0 Å². The summed E-state index contributed by atoms with van der Waals surface area (Å²) in [5.74, 6) is 1.94. The summed E-state index contributed by atoms with van der Waals surface area (Å²) in [6.07, 6.45) is 1.04. The molecular weight excluding hydrogens is 230 g/mol. The molecule has 1 atom stereocenters. The van der Waals surface area contributed by atoms with Gasteiger partial charge < -0.3 is 5.73 Å². The van der Waals surface area contributed by atoms with Crippen molar-refractivity contribution in [3.8, 4) is 0 Å². The van der Waals surface area contributed by atoms with Gasteiger partial charge in [0.15, 0.2) is 0 Å². The largest absolute Gasteiger partial charge is 0.327 e. The van der Waals surface area contributed by atoms with Crippen molar-refractivity contribution in [1.29, 1.82) is 0 Å². The summed E-state index contributed by atoms with van der Waals surface area (Å²) in [5, 5.41) is 5.82. The Bertz CT molecular complexity index is 492. The van der Waals surface area contributed by atoms with Crippen LogP contribution in [0.3, 0.4) is 0 Å². The number of nitrogens with zero attached hydrogens (tertiary/aromatic N) is 2. The van der Waals surface area contributed by atoms with E-state index >= 15 is 0 Å². The average Bonchev–Trinajstić information content (AvgIpc) is 2.67. The third kappa shape index (κ3) is 2.82. The van der Waals surface area contributed by atoms with Gasteiger partial charge in [0, 0.05) is 30.0 Å². The lowest BCUT2D eigenvalue weighted by Crippen LogP contribution is -2.21. The molecule has 2 aromatic rings. The highest BCUT2D eigenvalue weighted by Crippen LogP contribution is 2.21. The molecule has 0 aliphatic heterocycles. The highest BCUT2D eigenvalue weighted by Gasteiger charge is 2.08. The molecule has 1 aromatic heterocycles. The van der Waals surface area contributed by atoms with Crippen LogP contribution in [-0.4, -0.2) is 21.6 Å². The zero-order valence-electron chi connectivity index (χ0n) is 10.4. The minimum atomic E-state index is 0.301. The normalized spacial score (nSPS) is 13.1. The summed E-state index contributed by atoms with van der Waals surface area (Å²) < 4.78 is 1.95. The first-order chi connectivity index (χ1) is 8.22. The molecular formula is C13H19N3S. The molecule has 2 N–H and O–H groups in total. The number of aryl methyl sites for hydroxylation is 1. The van der Waals surface area contributed by atoms with Gasteiger partial charge in [0.1, 0.15) is 0 Å². The van der Waals surface area contributed by atoms with Crippen molar-refractivity contribution >= 4 is 22.7 Å². The third-order valence-corrected chi connectivity index (χ3v) is 4.07. The van der Waals surface area contributed by atoms with Gasteiger partial charge in [-0.25, -0.2) is 0 Å². The minimum Gasteiger partial charge on any atom is -0.327 e. The molecule has 0 bridgehead atoms. The van der Waals surface area contributed by atoms with E-state index in [-0.39, 0.29) is 0 Å². The van der Waals surface area contributed by atoms with Crippen LogP contribution >= 0.6 is 11.8 Å². The maximum atomic E-state index is 5.91. The number of aromatic nitrogens is 2. The van der Waals surface area contributed by atoms with E-state index in [2.05, 4.69) is 30.2 Å².